The van der Waals surface area contributed by atoms with Gasteiger partial charge in [-0.3, -0.25) is 15.0 Å². The van der Waals surface area contributed by atoms with Crippen LogP contribution in [0.3, 0.4) is 0 Å². The number of aromatic nitrogens is 2. The Hall–Kier alpha value is -2.67. The Morgan fingerprint density at radius 3 is 2.52 bits per heavy atom. The monoisotopic (exact) mass is 344 g/mol. The summed E-state index contributed by atoms with van der Waals surface area (Å²) in [7, 11) is 3.06. The second-order valence-corrected chi connectivity index (χ2v) is 5.97. The highest BCUT2D eigenvalue weighted by atomic mass is 16.5. The van der Waals surface area contributed by atoms with E-state index in [9.17, 15) is 9.59 Å². The van der Waals surface area contributed by atoms with Gasteiger partial charge < -0.3 is 4.74 Å². The van der Waals surface area contributed by atoms with Crippen molar-refractivity contribution in [2.24, 2.45) is 0 Å². The molecule has 7 heteroatoms. The molecule has 2 aromatic rings. The Kier molecular flexibility index (Phi) is 5.93. The molecule has 0 aliphatic rings. The number of hydrogen-bond donors (Lipinski definition) is 1. The van der Waals surface area contributed by atoms with Crippen LogP contribution >= 0.6 is 0 Å². The van der Waals surface area contributed by atoms with Gasteiger partial charge in [0, 0.05) is 17.8 Å². The van der Waals surface area contributed by atoms with Crippen molar-refractivity contribution in [3.8, 4) is 5.69 Å². The fourth-order valence-electron chi connectivity index (χ4n) is 2.57. The summed E-state index contributed by atoms with van der Waals surface area (Å²) in [5.41, 5.74) is 3.99. The van der Waals surface area contributed by atoms with Crippen molar-refractivity contribution >= 4 is 12.0 Å². The van der Waals surface area contributed by atoms with E-state index in [0.717, 1.165) is 22.6 Å². The van der Waals surface area contributed by atoms with Crippen molar-refractivity contribution < 1.29 is 14.3 Å². The summed E-state index contributed by atoms with van der Waals surface area (Å²) >= 11 is 0. The van der Waals surface area contributed by atoms with E-state index in [4.69, 9.17) is 0 Å². The molecule has 1 N–H and O–H groups in total. The number of alkyl carbamates (subject to hydrolysis) is 1. The highest BCUT2D eigenvalue weighted by molar-refractivity contribution is 5.94. The van der Waals surface area contributed by atoms with Crippen molar-refractivity contribution in [2.45, 2.75) is 33.4 Å². The van der Waals surface area contributed by atoms with E-state index < -0.39 is 18.0 Å². The maximum absolute atomic E-state index is 12.1. The van der Waals surface area contributed by atoms with E-state index in [-0.39, 0.29) is 0 Å². The van der Waals surface area contributed by atoms with Crippen LogP contribution in [0, 0.1) is 13.8 Å². The molecule has 7 nitrogen and oxygen atoms in total. The van der Waals surface area contributed by atoms with Crippen LogP contribution in [0.15, 0.2) is 30.3 Å². The number of nitrogens with zero attached hydrogens (tertiary/aromatic N) is 3. The quantitative estimate of drug-likeness (QED) is 0.900. The lowest BCUT2D eigenvalue weighted by Crippen LogP contribution is -2.45. The van der Waals surface area contributed by atoms with E-state index in [2.05, 4.69) is 15.2 Å². The standard InChI is InChI=1S/C18H24N4O3/c1-12-16(11-21(4)14(3)17(23)19-18(24)25-5)13(2)22(20-12)15-9-7-6-8-10-15/h6-10,14H,11H2,1-5H3,(H,19,23,24)/t14-/m0/s1. The number of hydrogen-bond acceptors (Lipinski definition) is 5. The number of amides is 2. The van der Waals surface area contributed by atoms with Crippen LogP contribution in [-0.2, 0) is 16.1 Å². The molecule has 0 saturated carbocycles. The third kappa shape index (κ3) is 4.24. The van der Waals surface area contributed by atoms with Crippen LogP contribution < -0.4 is 5.32 Å². The lowest BCUT2D eigenvalue weighted by molar-refractivity contribution is -0.124. The Morgan fingerprint density at radius 2 is 1.92 bits per heavy atom. The number of carbonyl (C=O) groups is 2. The molecule has 1 atom stereocenters. The molecule has 1 aromatic heterocycles. The molecular formula is C18H24N4O3. The third-order valence-electron chi connectivity index (χ3n) is 4.30. The summed E-state index contributed by atoms with van der Waals surface area (Å²) in [4.78, 5) is 25.1. The SMILES string of the molecule is COC(=O)NC(=O)[C@H](C)N(C)Cc1c(C)nn(-c2ccccc2)c1C. The van der Waals surface area contributed by atoms with Crippen molar-refractivity contribution in [3.63, 3.8) is 0 Å². The fourth-order valence-corrected chi connectivity index (χ4v) is 2.57. The minimum absolute atomic E-state index is 0.403. The number of aryl methyl sites for hydroxylation is 1. The van der Waals surface area contributed by atoms with E-state index >= 15 is 0 Å². The molecule has 0 saturated heterocycles. The number of carbonyl (C=O) groups excluding carboxylic acids is 2. The van der Waals surface area contributed by atoms with Gasteiger partial charge in [-0.15, -0.1) is 0 Å². The van der Waals surface area contributed by atoms with Crippen LogP contribution in [0.5, 0.6) is 0 Å². The normalized spacial score (nSPS) is 12.1. The van der Waals surface area contributed by atoms with Crippen LogP contribution in [-0.4, -0.2) is 46.9 Å². The molecule has 1 aromatic carbocycles. The van der Waals surface area contributed by atoms with E-state index in [1.165, 1.54) is 7.11 Å². The molecule has 2 rings (SSSR count). The number of para-hydroxylation sites is 1. The van der Waals surface area contributed by atoms with Crippen LogP contribution in [0.4, 0.5) is 4.79 Å². The molecular weight excluding hydrogens is 320 g/mol. The minimum Gasteiger partial charge on any atom is -0.453 e. The average molecular weight is 344 g/mol. The maximum Gasteiger partial charge on any atom is 0.413 e. The van der Waals surface area contributed by atoms with Gasteiger partial charge in [0.05, 0.1) is 24.5 Å². The molecule has 1 heterocycles. The number of nitrogens with one attached hydrogen (secondary N) is 1. The molecule has 0 spiro atoms. The smallest absolute Gasteiger partial charge is 0.413 e. The van der Waals surface area contributed by atoms with Gasteiger partial charge in [-0.25, -0.2) is 9.48 Å². The largest absolute Gasteiger partial charge is 0.453 e. The summed E-state index contributed by atoms with van der Waals surface area (Å²) in [6.07, 6.45) is -0.755. The zero-order valence-electron chi connectivity index (χ0n) is 15.2. The van der Waals surface area contributed by atoms with Crippen molar-refractivity contribution in [2.75, 3.05) is 14.2 Å². The molecule has 0 bridgehead atoms. The number of imide groups is 1. The fraction of sp³-hybridized carbons (Fsp3) is 0.389. The van der Waals surface area contributed by atoms with Crippen molar-refractivity contribution in [1.29, 1.82) is 0 Å². The maximum atomic E-state index is 12.1. The summed E-state index contributed by atoms with van der Waals surface area (Å²) in [6, 6.07) is 9.41. The van der Waals surface area contributed by atoms with Gasteiger partial charge in [-0.05, 0) is 40.0 Å². The first kappa shape index (κ1) is 18.7. The topological polar surface area (TPSA) is 76.5 Å². The van der Waals surface area contributed by atoms with Gasteiger partial charge in [-0.1, -0.05) is 18.2 Å². The highest BCUT2D eigenvalue weighted by Crippen LogP contribution is 2.19. The van der Waals surface area contributed by atoms with Gasteiger partial charge >= 0.3 is 6.09 Å². The number of ether oxygens (including phenoxy) is 1. The Morgan fingerprint density at radius 1 is 1.28 bits per heavy atom. The van der Waals surface area contributed by atoms with Crippen LogP contribution in [0.2, 0.25) is 0 Å². The van der Waals surface area contributed by atoms with Crippen molar-refractivity contribution in [3.05, 3.63) is 47.3 Å². The second-order valence-electron chi connectivity index (χ2n) is 5.97. The van der Waals surface area contributed by atoms with E-state index in [1.807, 2.05) is 60.8 Å². The highest BCUT2D eigenvalue weighted by Gasteiger charge is 2.23. The van der Waals surface area contributed by atoms with Gasteiger partial charge in [0.2, 0.25) is 5.91 Å². The van der Waals surface area contributed by atoms with Crippen LogP contribution in [0.1, 0.15) is 23.9 Å². The number of rotatable bonds is 5. The summed E-state index contributed by atoms with van der Waals surface area (Å²) in [5, 5.41) is 6.81. The molecule has 0 fully saturated rings. The first-order valence-electron chi connectivity index (χ1n) is 8.04. The Labute approximate surface area is 147 Å². The van der Waals surface area contributed by atoms with E-state index in [0.29, 0.717) is 6.54 Å². The number of benzene rings is 1. The lowest BCUT2D eigenvalue weighted by Gasteiger charge is -2.23. The molecule has 2 amide bonds. The predicted molar refractivity (Wildman–Crippen MR) is 94.5 cm³/mol. The minimum atomic E-state index is -0.755. The molecule has 0 aliphatic carbocycles. The first-order chi connectivity index (χ1) is 11.8. The lowest BCUT2D eigenvalue weighted by atomic mass is 10.1. The van der Waals surface area contributed by atoms with Crippen LogP contribution in [0.25, 0.3) is 5.69 Å². The first-order valence-corrected chi connectivity index (χ1v) is 8.04. The zero-order valence-corrected chi connectivity index (χ0v) is 15.2. The van der Waals surface area contributed by atoms with Crippen molar-refractivity contribution in [1.82, 2.24) is 20.0 Å². The van der Waals surface area contributed by atoms with Gasteiger partial charge in [0.1, 0.15) is 0 Å². The zero-order chi connectivity index (χ0) is 18.6. The summed E-state index contributed by atoms with van der Waals surface area (Å²) < 4.78 is 6.36. The average Bonchev–Trinajstić information content (AvgIpc) is 2.89. The van der Waals surface area contributed by atoms with Gasteiger partial charge in [-0.2, -0.15) is 5.10 Å². The molecule has 134 valence electrons. The molecule has 0 radical (unpaired) electrons. The Bertz CT molecular complexity index is 755. The Balaban J connectivity index is 2.16. The second kappa shape index (κ2) is 7.94. The molecule has 0 aliphatic heterocycles. The molecule has 0 unspecified atom stereocenters. The summed E-state index contributed by atoms with van der Waals surface area (Å²) in [5.74, 6) is -0.403. The van der Waals surface area contributed by atoms with Gasteiger partial charge in [0.25, 0.3) is 0 Å². The van der Waals surface area contributed by atoms with Gasteiger partial charge in [0.15, 0.2) is 0 Å². The molecule has 25 heavy (non-hydrogen) atoms. The predicted octanol–water partition coefficient (Wildman–Crippen LogP) is 2.19. The summed E-state index contributed by atoms with van der Waals surface area (Å²) in [6.45, 7) is 6.25. The number of likely N-dealkylation sites (N-methyl/N-ethyl adjacent to an activating group) is 1. The number of methoxy groups -OCH3 is 1. The third-order valence-corrected chi connectivity index (χ3v) is 4.30. The van der Waals surface area contributed by atoms with E-state index in [1.54, 1.807) is 6.92 Å².